The lowest BCUT2D eigenvalue weighted by atomic mass is 9.82. The molecule has 0 heterocycles. The second-order valence-electron chi connectivity index (χ2n) is 5.55. The van der Waals surface area contributed by atoms with Crippen molar-refractivity contribution in [3.63, 3.8) is 0 Å². The number of aryl methyl sites for hydroxylation is 1. The third-order valence-electron chi connectivity index (χ3n) is 4.11. The topological polar surface area (TPSA) is 0 Å². The highest BCUT2D eigenvalue weighted by Crippen LogP contribution is 2.49. The maximum Gasteiger partial charge on any atom is 0.0159 e. The number of hydrogen-bond donors (Lipinski definition) is 0. The van der Waals surface area contributed by atoms with Gasteiger partial charge in [-0.3, -0.25) is 0 Å². The van der Waals surface area contributed by atoms with E-state index in [1.54, 1.807) is 0 Å². The minimum absolute atomic E-state index is 0.136. The zero-order chi connectivity index (χ0) is 12.9. The molecule has 0 amide bonds. The normalized spacial score (nSPS) is 15.3. The maximum absolute atomic E-state index is 2.40. The molecule has 0 fully saturated rings. The fourth-order valence-corrected chi connectivity index (χ4v) is 3.47. The van der Waals surface area contributed by atoms with Gasteiger partial charge in [-0.2, -0.15) is 0 Å². The lowest BCUT2D eigenvalue weighted by Crippen LogP contribution is -2.15. The Morgan fingerprint density at radius 3 is 2.22 bits per heavy atom. The van der Waals surface area contributed by atoms with Gasteiger partial charge in [-0.15, -0.1) is 0 Å². The van der Waals surface area contributed by atoms with E-state index in [1.165, 1.54) is 31.4 Å². The van der Waals surface area contributed by atoms with Gasteiger partial charge in [0.05, 0.1) is 0 Å². The molecule has 0 saturated heterocycles. The summed E-state index contributed by atoms with van der Waals surface area (Å²) in [6.07, 6.45) is 1.11. The Balaban J connectivity index is 2.31. The summed E-state index contributed by atoms with van der Waals surface area (Å²) in [5, 5.41) is 0. The van der Waals surface area contributed by atoms with Crippen molar-refractivity contribution in [1.82, 2.24) is 0 Å². The van der Waals surface area contributed by atoms with E-state index in [1.807, 2.05) is 0 Å². The lowest BCUT2D eigenvalue weighted by Gasteiger charge is -2.22. The summed E-state index contributed by atoms with van der Waals surface area (Å²) >= 11 is 2.40. The van der Waals surface area contributed by atoms with Gasteiger partial charge in [0.2, 0.25) is 0 Å². The van der Waals surface area contributed by atoms with Crippen LogP contribution in [-0.4, -0.2) is 0 Å². The second-order valence-corrected chi connectivity index (χ2v) is 6.79. The minimum atomic E-state index is 0.136. The van der Waals surface area contributed by atoms with E-state index in [0.29, 0.717) is 0 Å². The van der Waals surface area contributed by atoms with E-state index in [2.05, 4.69) is 79.8 Å². The smallest absolute Gasteiger partial charge is 0.0159 e. The molecule has 1 aliphatic carbocycles. The van der Waals surface area contributed by atoms with Crippen LogP contribution in [0.1, 0.15) is 37.5 Å². The fraction of sp³-hybridized carbons (Fsp3) is 0.294. The van der Waals surface area contributed by atoms with Crippen LogP contribution in [0.2, 0.25) is 0 Å². The fourth-order valence-electron chi connectivity index (χ4n) is 2.98. The molecule has 1 heteroatoms. The minimum Gasteiger partial charge on any atom is -0.0613 e. The van der Waals surface area contributed by atoms with Crippen molar-refractivity contribution in [3.8, 4) is 11.1 Å². The summed E-state index contributed by atoms with van der Waals surface area (Å²) in [7, 11) is 0. The molecule has 0 aromatic heterocycles. The van der Waals surface area contributed by atoms with Crippen LogP contribution in [0.5, 0.6) is 0 Å². The number of benzene rings is 2. The number of fused-ring (bicyclic) bond motifs is 3. The van der Waals surface area contributed by atoms with E-state index in [9.17, 15) is 0 Å². The molecule has 92 valence electrons. The highest BCUT2D eigenvalue weighted by Gasteiger charge is 2.35. The molecule has 0 spiro atoms. The Kier molecular flexibility index (Phi) is 2.77. The predicted molar refractivity (Wildman–Crippen MR) is 86.1 cm³/mol. The van der Waals surface area contributed by atoms with Crippen LogP contribution >= 0.6 is 22.6 Å². The quantitative estimate of drug-likeness (QED) is 0.625. The summed E-state index contributed by atoms with van der Waals surface area (Å²) in [6, 6.07) is 13.8. The molecule has 0 unspecified atom stereocenters. The Morgan fingerprint density at radius 1 is 0.944 bits per heavy atom. The van der Waals surface area contributed by atoms with Crippen molar-refractivity contribution >= 4 is 22.6 Å². The van der Waals surface area contributed by atoms with Gasteiger partial charge < -0.3 is 0 Å². The highest BCUT2D eigenvalue weighted by atomic mass is 127. The molecule has 1 aliphatic rings. The molecular formula is C17H17I. The molecule has 18 heavy (non-hydrogen) atoms. The number of halogens is 1. The maximum atomic E-state index is 2.40. The van der Waals surface area contributed by atoms with E-state index in [-0.39, 0.29) is 5.41 Å². The van der Waals surface area contributed by atoms with Gasteiger partial charge in [-0.25, -0.2) is 0 Å². The van der Waals surface area contributed by atoms with Gasteiger partial charge in [0.15, 0.2) is 0 Å². The standard InChI is InChI=1S/C17H17I/c1-4-11-5-7-13-14-8-6-12(18)10-16(14)17(2,3)15(13)9-11/h5-10H,4H2,1-3H3. The summed E-state index contributed by atoms with van der Waals surface area (Å²) in [6.45, 7) is 6.90. The van der Waals surface area contributed by atoms with E-state index >= 15 is 0 Å². The van der Waals surface area contributed by atoms with Crippen LogP contribution in [0.3, 0.4) is 0 Å². The zero-order valence-corrected chi connectivity index (χ0v) is 13.2. The molecule has 0 saturated carbocycles. The summed E-state index contributed by atoms with van der Waals surface area (Å²) in [4.78, 5) is 0. The van der Waals surface area contributed by atoms with Gasteiger partial charge in [-0.1, -0.05) is 45.0 Å². The SMILES string of the molecule is CCc1ccc2c(c1)C(C)(C)c1cc(I)ccc1-2. The van der Waals surface area contributed by atoms with Crippen LogP contribution in [-0.2, 0) is 11.8 Å². The van der Waals surface area contributed by atoms with Crippen LogP contribution in [0.15, 0.2) is 36.4 Å². The first-order valence-electron chi connectivity index (χ1n) is 6.48. The Bertz CT molecular complexity index is 624. The van der Waals surface area contributed by atoms with E-state index in [0.717, 1.165) is 6.42 Å². The third-order valence-corrected chi connectivity index (χ3v) is 4.78. The van der Waals surface area contributed by atoms with Crippen molar-refractivity contribution in [2.24, 2.45) is 0 Å². The molecular weight excluding hydrogens is 331 g/mol. The van der Waals surface area contributed by atoms with E-state index < -0.39 is 0 Å². The summed E-state index contributed by atoms with van der Waals surface area (Å²) in [5.41, 5.74) is 7.36. The van der Waals surface area contributed by atoms with Gasteiger partial charge in [0, 0.05) is 8.99 Å². The van der Waals surface area contributed by atoms with Gasteiger partial charge in [0.1, 0.15) is 0 Å². The Labute approximate surface area is 123 Å². The predicted octanol–water partition coefficient (Wildman–Crippen LogP) is 5.16. The third kappa shape index (κ3) is 1.63. The molecule has 0 radical (unpaired) electrons. The Morgan fingerprint density at radius 2 is 1.56 bits per heavy atom. The Hall–Kier alpha value is -0.830. The van der Waals surface area contributed by atoms with Crippen molar-refractivity contribution in [2.75, 3.05) is 0 Å². The summed E-state index contributed by atoms with van der Waals surface area (Å²) in [5.74, 6) is 0. The van der Waals surface area contributed by atoms with Gasteiger partial charge >= 0.3 is 0 Å². The molecule has 0 bridgehead atoms. The molecule has 0 atom stereocenters. The monoisotopic (exact) mass is 348 g/mol. The molecule has 0 N–H and O–H groups in total. The van der Waals surface area contributed by atoms with E-state index in [4.69, 9.17) is 0 Å². The van der Waals surface area contributed by atoms with Crippen molar-refractivity contribution in [3.05, 3.63) is 56.7 Å². The van der Waals surface area contributed by atoms with Gasteiger partial charge in [0.25, 0.3) is 0 Å². The average molecular weight is 348 g/mol. The van der Waals surface area contributed by atoms with Crippen molar-refractivity contribution in [1.29, 1.82) is 0 Å². The summed E-state index contributed by atoms with van der Waals surface area (Å²) < 4.78 is 1.32. The van der Waals surface area contributed by atoms with Crippen LogP contribution in [0, 0.1) is 3.57 Å². The molecule has 0 nitrogen and oxygen atoms in total. The van der Waals surface area contributed by atoms with Crippen molar-refractivity contribution < 1.29 is 0 Å². The van der Waals surface area contributed by atoms with Crippen LogP contribution in [0.4, 0.5) is 0 Å². The second kappa shape index (κ2) is 4.09. The first-order chi connectivity index (χ1) is 8.54. The van der Waals surface area contributed by atoms with Crippen LogP contribution in [0.25, 0.3) is 11.1 Å². The molecule has 3 rings (SSSR count). The zero-order valence-electron chi connectivity index (χ0n) is 11.0. The number of hydrogen-bond acceptors (Lipinski definition) is 0. The molecule has 2 aromatic rings. The highest BCUT2D eigenvalue weighted by molar-refractivity contribution is 14.1. The first kappa shape index (κ1) is 12.2. The average Bonchev–Trinajstić information content (AvgIpc) is 2.58. The number of rotatable bonds is 1. The lowest BCUT2D eigenvalue weighted by molar-refractivity contribution is 0.659. The van der Waals surface area contributed by atoms with Gasteiger partial charge in [-0.05, 0) is 69.0 Å². The van der Waals surface area contributed by atoms with Crippen LogP contribution < -0.4 is 0 Å². The first-order valence-corrected chi connectivity index (χ1v) is 7.55. The molecule has 2 aromatic carbocycles. The largest absolute Gasteiger partial charge is 0.0613 e. The van der Waals surface area contributed by atoms with Crippen molar-refractivity contribution in [2.45, 2.75) is 32.6 Å². The molecule has 0 aliphatic heterocycles.